The van der Waals surface area contributed by atoms with E-state index in [1.54, 1.807) is 0 Å². The van der Waals surface area contributed by atoms with E-state index in [1.807, 2.05) is 0 Å². The van der Waals surface area contributed by atoms with Gasteiger partial charge in [-0.15, -0.1) is 23.2 Å². The summed E-state index contributed by atoms with van der Waals surface area (Å²) < 4.78 is 106. The Morgan fingerprint density at radius 3 is 1.93 bits per heavy atom. The van der Waals surface area contributed by atoms with Crippen molar-refractivity contribution in [2.45, 2.75) is 29.5 Å². The average Bonchev–Trinajstić information content (AvgIpc) is 2.83. The molecule has 0 spiro atoms. The number of hydrogen-bond donors (Lipinski definition) is 3. The fourth-order valence-corrected chi connectivity index (χ4v) is 4.32. The highest BCUT2D eigenvalue weighted by molar-refractivity contribution is 6.50. The van der Waals surface area contributed by atoms with Crippen LogP contribution in [0.2, 0.25) is 5.02 Å². The first-order valence-electron chi connectivity index (χ1n) is 11.0. The van der Waals surface area contributed by atoms with Crippen LogP contribution in [0.15, 0.2) is 48.5 Å². The minimum absolute atomic E-state index is 0.125. The first-order chi connectivity index (χ1) is 18.7. The van der Waals surface area contributed by atoms with E-state index in [0.717, 1.165) is 37.3 Å². The van der Waals surface area contributed by atoms with Gasteiger partial charge in [0, 0.05) is 5.69 Å². The van der Waals surface area contributed by atoms with Crippen LogP contribution < -0.4 is 16.4 Å². The number of amides is 2. The smallest absolute Gasteiger partial charge is 0.394 e. The van der Waals surface area contributed by atoms with Crippen LogP contribution in [0.25, 0.3) is 0 Å². The Bertz CT molecular complexity index is 1470. The molecular formula is C25H16Cl3F8N3O2. The zero-order valence-corrected chi connectivity index (χ0v) is 22.5. The Hall–Kier alpha value is -3.29. The molecule has 0 saturated heterocycles. The summed E-state index contributed by atoms with van der Waals surface area (Å²) >= 11 is 18.1. The molecule has 3 aromatic rings. The van der Waals surface area contributed by atoms with Crippen LogP contribution in [0.4, 0.5) is 52.2 Å². The van der Waals surface area contributed by atoms with E-state index >= 15 is 0 Å². The average molecular weight is 649 g/mol. The summed E-state index contributed by atoms with van der Waals surface area (Å²) in [5.41, 5.74) is -0.880. The zero-order valence-electron chi connectivity index (χ0n) is 20.2. The predicted molar refractivity (Wildman–Crippen MR) is 138 cm³/mol. The molecule has 3 rings (SSSR count). The number of nitrogens with one attached hydrogen (secondary N) is 2. The van der Waals surface area contributed by atoms with Crippen LogP contribution in [0.5, 0.6) is 0 Å². The number of alkyl halides is 8. The molecule has 0 saturated carbocycles. The van der Waals surface area contributed by atoms with Gasteiger partial charge in [-0.3, -0.25) is 9.59 Å². The van der Waals surface area contributed by atoms with Crippen LogP contribution in [0, 0.1) is 11.6 Å². The van der Waals surface area contributed by atoms with Gasteiger partial charge in [-0.25, -0.2) is 8.78 Å². The maximum absolute atomic E-state index is 14.2. The van der Waals surface area contributed by atoms with E-state index in [-0.39, 0.29) is 22.3 Å². The van der Waals surface area contributed by atoms with Crippen LogP contribution in [0.3, 0.4) is 0 Å². The van der Waals surface area contributed by atoms with Crippen LogP contribution in [-0.2, 0) is 17.1 Å². The van der Waals surface area contributed by atoms with Crippen LogP contribution in [0.1, 0.15) is 39.9 Å². The Morgan fingerprint density at radius 1 is 0.854 bits per heavy atom. The van der Waals surface area contributed by atoms with Crippen molar-refractivity contribution in [3.63, 3.8) is 0 Å². The topological polar surface area (TPSA) is 84.2 Å². The fraction of sp³-hybridized carbons (Fsp3) is 0.200. The molecule has 0 radical (unpaired) electrons. The Morgan fingerprint density at radius 2 is 1.41 bits per heavy atom. The van der Waals surface area contributed by atoms with Gasteiger partial charge < -0.3 is 16.4 Å². The van der Waals surface area contributed by atoms with Crippen molar-refractivity contribution in [1.82, 2.24) is 0 Å². The molecule has 3 aromatic carbocycles. The predicted octanol–water partition coefficient (Wildman–Crippen LogP) is 8.41. The standard InChI is InChI=1S/C25H16Cl3F8N3O2/c1-23(27,28)18(10-6-11(24(31,32)33)8-12(7-10)25(34,35)36)22(41)38-13-2-3-15(26)14(9-13)21(40)39-17-5-4-16(29)20(37)19(17)30/h2-9,18H,37H2,1H3,(H,38,41)(H,39,40). The molecule has 0 aromatic heterocycles. The van der Waals surface area contributed by atoms with E-state index in [1.165, 1.54) is 0 Å². The number of carbonyl (C=O) groups is 2. The molecule has 4 N–H and O–H groups in total. The van der Waals surface area contributed by atoms with E-state index in [0.29, 0.717) is 12.1 Å². The number of nitrogens with two attached hydrogens (primary N) is 1. The van der Waals surface area contributed by atoms with Crippen molar-refractivity contribution in [2.75, 3.05) is 16.4 Å². The van der Waals surface area contributed by atoms with Crippen molar-refractivity contribution in [2.24, 2.45) is 0 Å². The summed E-state index contributed by atoms with van der Waals surface area (Å²) in [4.78, 5) is 25.9. The molecule has 0 fully saturated rings. The van der Waals surface area contributed by atoms with Gasteiger partial charge in [0.05, 0.1) is 33.3 Å². The monoisotopic (exact) mass is 647 g/mol. The third-order valence-electron chi connectivity index (χ3n) is 5.57. The highest BCUT2D eigenvalue weighted by Crippen LogP contribution is 2.43. The van der Waals surface area contributed by atoms with Crippen LogP contribution >= 0.6 is 34.8 Å². The maximum atomic E-state index is 14.2. The normalized spacial score (nSPS) is 13.1. The third kappa shape index (κ3) is 7.52. The number of carbonyl (C=O) groups excluding carboxylic acids is 2. The highest BCUT2D eigenvalue weighted by Gasteiger charge is 2.42. The highest BCUT2D eigenvalue weighted by atomic mass is 35.5. The minimum atomic E-state index is -5.21. The van der Waals surface area contributed by atoms with Gasteiger partial charge in [-0.05, 0) is 61.0 Å². The molecule has 41 heavy (non-hydrogen) atoms. The van der Waals surface area contributed by atoms with Crippen molar-refractivity contribution >= 4 is 63.7 Å². The summed E-state index contributed by atoms with van der Waals surface area (Å²) in [5, 5.41) is 4.13. The lowest BCUT2D eigenvalue weighted by Crippen LogP contribution is -2.33. The molecule has 0 aliphatic heterocycles. The van der Waals surface area contributed by atoms with Gasteiger partial charge in [-0.1, -0.05) is 11.6 Å². The minimum Gasteiger partial charge on any atom is -0.394 e. The summed E-state index contributed by atoms with van der Waals surface area (Å²) in [7, 11) is 0. The largest absolute Gasteiger partial charge is 0.416 e. The quantitative estimate of drug-likeness (QED) is 0.143. The lowest BCUT2D eigenvalue weighted by molar-refractivity contribution is -0.143. The number of anilines is 3. The summed E-state index contributed by atoms with van der Waals surface area (Å²) in [6, 6.07) is 5.41. The number of nitrogen functional groups attached to an aromatic ring is 1. The van der Waals surface area contributed by atoms with Gasteiger partial charge in [0.2, 0.25) is 5.91 Å². The molecule has 0 aliphatic rings. The molecule has 0 bridgehead atoms. The lowest BCUT2D eigenvalue weighted by Gasteiger charge is -2.27. The number of rotatable bonds is 6. The van der Waals surface area contributed by atoms with Gasteiger partial charge in [0.1, 0.15) is 15.8 Å². The lowest BCUT2D eigenvalue weighted by atomic mass is 9.91. The fourth-order valence-electron chi connectivity index (χ4n) is 3.67. The number of hydrogen-bond acceptors (Lipinski definition) is 3. The van der Waals surface area contributed by atoms with E-state index in [9.17, 15) is 44.7 Å². The van der Waals surface area contributed by atoms with E-state index in [4.69, 9.17) is 40.5 Å². The second-order valence-electron chi connectivity index (χ2n) is 8.69. The Kier molecular flexibility index (Phi) is 9.07. The molecular weight excluding hydrogens is 633 g/mol. The molecule has 2 amide bonds. The summed E-state index contributed by atoms with van der Waals surface area (Å²) in [6.07, 6.45) is -10.4. The number of benzene rings is 3. The molecule has 0 heterocycles. The molecule has 1 unspecified atom stereocenters. The van der Waals surface area contributed by atoms with E-state index in [2.05, 4.69) is 10.6 Å². The molecule has 1 atom stereocenters. The second-order valence-corrected chi connectivity index (χ2v) is 10.9. The van der Waals surface area contributed by atoms with Gasteiger partial charge >= 0.3 is 12.4 Å². The van der Waals surface area contributed by atoms with Gasteiger partial charge in [-0.2, -0.15) is 26.3 Å². The summed E-state index contributed by atoms with van der Waals surface area (Å²) in [5.74, 6) is -6.62. The number of halogens is 11. The maximum Gasteiger partial charge on any atom is 0.416 e. The Labute approximate surface area is 241 Å². The molecule has 0 aliphatic carbocycles. The second kappa shape index (κ2) is 11.5. The van der Waals surface area contributed by atoms with Crippen molar-refractivity contribution in [3.05, 3.63) is 87.4 Å². The molecule has 220 valence electrons. The van der Waals surface area contributed by atoms with Crippen molar-refractivity contribution in [1.29, 1.82) is 0 Å². The zero-order chi connectivity index (χ0) is 31.1. The van der Waals surface area contributed by atoms with Crippen molar-refractivity contribution in [3.8, 4) is 0 Å². The SMILES string of the molecule is CC(Cl)(Cl)C(C(=O)Nc1ccc(Cl)c(C(=O)Nc2ccc(F)c(N)c2F)c1)c1cc(C(F)(F)F)cc(C(F)(F)F)c1. The van der Waals surface area contributed by atoms with E-state index < -0.39 is 74.1 Å². The Balaban J connectivity index is 1.99. The first kappa shape index (κ1) is 32.2. The van der Waals surface area contributed by atoms with Crippen LogP contribution in [-0.4, -0.2) is 16.1 Å². The molecule has 16 heteroatoms. The van der Waals surface area contributed by atoms with Gasteiger partial charge in [0.25, 0.3) is 5.91 Å². The molecule has 5 nitrogen and oxygen atoms in total. The van der Waals surface area contributed by atoms with Gasteiger partial charge in [0.15, 0.2) is 5.82 Å². The van der Waals surface area contributed by atoms with Crippen molar-refractivity contribution < 1.29 is 44.7 Å². The third-order valence-corrected chi connectivity index (χ3v) is 6.33. The summed E-state index contributed by atoms with van der Waals surface area (Å²) in [6.45, 7) is 0.984. The first-order valence-corrected chi connectivity index (χ1v) is 12.2.